The van der Waals surface area contributed by atoms with Gasteiger partial charge in [-0.1, -0.05) is 29.8 Å². The molecule has 0 spiro atoms. The Morgan fingerprint density at radius 2 is 1.92 bits per heavy atom. The lowest BCUT2D eigenvalue weighted by Gasteiger charge is -1.99. The highest BCUT2D eigenvalue weighted by Gasteiger charge is 2.03. The average molecular weight is 200 g/mol. The minimum absolute atomic E-state index is 0.0381. The van der Waals surface area contributed by atoms with E-state index >= 15 is 0 Å². The molecular weight excluding hydrogens is 194 g/mol. The Kier molecular flexibility index (Phi) is 3.19. The summed E-state index contributed by atoms with van der Waals surface area (Å²) in [5, 5.41) is 2.32. The Morgan fingerprint density at radius 1 is 1.33 bits per heavy atom. The van der Waals surface area contributed by atoms with E-state index in [4.69, 9.17) is 11.6 Å². The quantitative estimate of drug-likeness (QED) is 0.426. The second-order valence-corrected chi connectivity index (χ2v) is 3.10. The van der Waals surface area contributed by atoms with Gasteiger partial charge < -0.3 is 5.32 Å². The fraction of sp³-hybridized carbons (Fsp3) is 0. The molecule has 2 nitrogen and oxygen atoms in total. The molecule has 0 fully saturated rings. The van der Waals surface area contributed by atoms with Gasteiger partial charge in [0.15, 0.2) is 4.45 Å². The lowest BCUT2D eigenvalue weighted by Crippen LogP contribution is -2.25. The van der Waals surface area contributed by atoms with E-state index in [9.17, 15) is 4.79 Å². The molecule has 4 heteroatoms. The van der Waals surface area contributed by atoms with Crippen LogP contribution in [0.1, 0.15) is 10.4 Å². The van der Waals surface area contributed by atoms with E-state index < -0.39 is 0 Å². The Balaban J connectivity index is 2.73. The van der Waals surface area contributed by atoms with E-state index in [0.717, 1.165) is 0 Å². The van der Waals surface area contributed by atoms with Crippen molar-refractivity contribution < 1.29 is 4.79 Å². The molecule has 0 bridgehead atoms. The number of amides is 1. The molecule has 1 rings (SSSR count). The van der Waals surface area contributed by atoms with Crippen molar-refractivity contribution in [1.29, 1.82) is 0 Å². The Labute approximate surface area is 80.5 Å². The summed E-state index contributed by atoms with van der Waals surface area (Å²) >= 11 is 9.83. The number of halogens is 1. The number of hydrogen-bond acceptors (Lipinski definition) is 2. The average Bonchev–Trinajstić information content (AvgIpc) is 2.05. The van der Waals surface area contributed by atoms with E-state index in [-0.39, 0.29) is 10.4 Å². The van der Waals surface area contributed by atoms with Crippen LogP contribution in [0.4, 0.5) is 0 Å². The van der Waals surface area contributed by atoms with Gasteiger partial charge in [0.1, 0.15) is 0 Å². The maximum Gasteiger partial charge on any atom is 0.256 e. The summed E-state index contributed by atoms with van der Waals surface area (Å²) in [5.74, 6) is -0.282. The third-order valence-electron chi connectivity index (χ3n) is 1.25. The monoisotopic (exact) mass is 199 g/mol. The zero-order valence-electron chi connectivity index (χ0n) is 6.08. The lowest BCUT2D eigenvalue weighted by atomic mass is 10.2. The summed E-state index contributed by atoms with van der Waals surface area (Å²) < 4.78 is -0.0381. The van der Waals surface area contributed by atoms with Crippen molar-refractivity contribution in [1.82, 2.24) is 5.32 Å². The summed E-state index contributed by atoms with van der Waals surface area (Å²) in [6.07, 6.45) is 0. The fourth-order valence-electron chi connectivity index (χ4n) is 0.751. The van der Waals surface area contributed by atoms with Gasteiger partial charge in [0.2, 0.25) is 0 Å². The number of rotatable bonds is 1. The predicted octanol–water partition coefficient (Wildman–Crippen LogP) is 1.94. The van der Waals surface area contributed by atoms with Gasteiger partial charge in [-0.2, -0.15) is 0 Å². The number of thiocarbonyl (C=S) groups is 1. The van der Waals surface area contributed by atoms with E-state index in [2.05, 4.69) is 17.5 Å². The summed E-state index contributed by atoms with van der Waals surface area (Å²) in [4.78, 5) is 11.2. The van der Waals surface area contributed by atoms with Crippen LogP contribution in [-0.2, 0) is 0 Å². The van der Waals surface area contributed by atoms with Crippen molar-refractivity contribution in [3.8, 4) is 0 Å². The van der Waals surface area contributed by atoms with Gasteiger partial charge in [-0.25, -0.2) is 0 Å². The van der Waals surface area contributed by atoms with Crippen LogP contribution in [0.25, 0.3) is 0 Å². The van der Waals surface area contributed by atoms with Crippen molar-refractivity contribution in [2.75, 3.05) is 0 Å². The highest BCUT2D eigenvalue weighted by atomic mass is 35.5. The highest BCUT2D eigenvalue weighted by molar-refractivity contribution is 7.83. The lowest BCUT2D eigenvalue weighted by molar-refractivity contribution is 0.0978. The van der Waals surface area contributed by atoms with Crippen molar-refractivity contribution in [3.63, 3.8) is 0 Å². The van der Waals surface area contributed by atoms with Crippen molar-refractivity contribution in [2.45, 2.75) is 0 Å². The van der Waals surface area contributed by atoms with Gasteiger partial charge >= 0.3 is 0 Å². The summed E-state index contributed by atoms with van der Waals surface area (Å²) in [6.45, 7) is 0. The maximum absolute atomic E-state index is 11.2. The Bertz CT molecular complexity index is 299. The SMILES string of the molecule is O=C(NC(=S)Cl)c1ccccc1. The van der Waals surface area contributed by atoms with Crippen LogP contribution >= 0.6 is 23.8 Å². The third kappa shape index (κ3) is 2.60. The molecule has 0 saturated heterocycles. The van der Waals surface area contributed by atoms with Crippen molar-refractivity contribution >= 4 is 34.2 Å². The van der Waals surface area contributed by atoms with E-state index in [1.165, 1.54) is 0 Å². The molecule has 0 atom stereocenters. The molecule has 1 aromatic carbocycles. The first-order chi connectivity index (χ1) is 5.70. The van der Waals surface area contributed by atoms with E-state index in [0.29, 0.717) is 5.56 Å². The fourth-order valence-corrected chi connectivity index (χ4v) is 0.929. The molecule has 0 aliphatic heterocycles. The maximum atomic E-state index is 11.2. The molecule has 0 saturated carbocycles. The molecule has 0 aliphatic rings. The zero-order valence-corrected chi connectivity index (χ0v) is 7.65. The molecule has 1 aromatic rings. The third-order valence-corrected chi connectivity index (χ3v) is 1.44. The molecule has 0 aromatic heterocycles. The summed E-state index contributed by atoms with van der Waals surface area (Å²) in [6, 6.07) is 8.74. The van der Waals surface area contributed by atoms with Crippen LogP contribution in [0.3, 0.4) is 0 Å². The van der Waals surface area contributed by atoms with Gasteiger partial charge in [0.05, 0.1) is 0 Å². The number of carbonyl (C=O) groups is 1. The molecule has 0 heterocycles. The first-order valence-corrected chi connectivity index (χ1v) is 4.04. The van der Waals surface area contributed by atoms with E-state index in [1.807, 2.05) is 6.07 Å². The van der Waals surface area contributed by atoms with Crippen molar-refractivity contribution in [2.24, 2.45) is 0 Å². The minimum atomic E-state index is -0.282. The van der Waals surface area contributed by atoms with Gasteiger partial charge in [-0.3, -0.25) is 4.79 Å². The second kappa shape index (κ2) is 4.18. The first-order valence-electron chi connectivity index (χ1n) is 3.26. The van der Waals surface area contributed by atoms with E-state index in [1.54, 1.807) is 24.3 Å². The highest BCUT2D eigenvalue weighted by Crippen LogP contribution is 1.98. The minimum Gasteiger partial charge on any atom is -0.303 e. The molecule has 62 valence electrons. The zero-order chi connectivity index (χ0) is 8.97. The Hall–Kier alpha value is -0.930. The summed E-state index contributed by atoms with van der Waals surface area (Å²) in [5.41, 5.74) is 0.542. The standard InChI is InChI=1S/C8H6ClNOS/c9-8(12)10-7(11)6-4-2-1-3-5-6/h1-5H,(H,10,11,12). The largest absolute Gasteiger partial charge is 0.303 e. The predicted molar refractivity (Wildman–Crippen MR) is 52.4 cm³/mol. The topological polar surface area (TPSA) is 29.1 Å². The van der Waals surface area contributed by atoms with Crippen LogP contribution < -0.4 is 5.32 Å². The molecule has 0 aliphatic carbocycles. The van der Waals surface area contributed by atoms with Crippen LogP contribution in [0, 0.1) is 0 Å². The molecule has 0 radical (unpaired) electrons. The van der Waals surface area contributed by atoms with Crippen LogP contribution in [-0.4, -0.2) is 10.4 Å². The van der Waals surface area contributed by atoms with Gasteiger partial charge in [0.25, 0.3) is 5.91 Å². The number of carbonyl (C=O) groups excluding carboxylic acids is 1. The molecule has 12 heavy (non-hydrogen) atoms. The van der Waals surface area contributed by atoms with Gasteiger partial charge in [-0.15, -0.1) is 0 Å². The molecule has 1 amide bonds. The van der Waals surface area contributed by atoms with Crippen LogP contribution in [0.5, 0.6) is 0 Å². The number of benzene rings is 1. The van der Waals surface area contributed by atoms with Crippen molar-refractivity contribution in [3.05, 3.63) is 35.9 Å². The molecule has 0 unspecified atom stereocenters. The number of nitrogens with one attached hydrogen (secondary N) is 1. The summed E-state index contributed by atoms with van der Waals surface area (Å²) in [7, 11) is 0. The smallest absolute Gasteiger partial charge is 0.256 e. The van der Waals surface area contributed by atoms with Gasteiger partial charge in [-0.05, 0) is 24.4 Å². The molecule has 1 N–H and O–H groups in total. The first kappa shape index (κ1) is 9.16. The number of hydrogen-bond donors (Lipinski definition) is 1. The Morgan fingerprint density at radius 3 is 2.42 bits per heavy atom. The normalized spacial score (nSPS) is 9.08. The second-order valence-electron chi connectivity index (χ2n) is 2.09. The van der Waals surface area contributed by atoms with Crippen LogP contribution in [0.2, 0.25) is 0 Å². The van der Waals surface area contributed by atoms with Gasteiger partial charge in [0, 0.05) is 5.56 Å². The molecular formula is C8H6ClNOS. The van der Waals surface area contributed by atoms with Crippen LogP contribution in [0.15, 0.2) is 30.3 Å².